The lowest BCUT2D eigenvalue weighted by Gasteiger charge is -2.31. The second kappa shape index (κ2) is 9.85. The van der Waals surface area contributed by atoms with E-state index in [2.05, 4.69) is 35.8 Å². The maximum Gasteiger partial charge on any atom is 0.435 e. The van der Waals surface area contributed by atoms with Crippen LogP contribution in [-0.2, 0) is 26.2 Å². The van der Waals surface area contributed by atoms with Crippen LogP contribution in [0.25, 0.3) is 26.9 Å². The number of pyridine rings is 1. The van der Waals surface area contributed by atoms with Crippen molar-refractivity contribution in [2.45, 2.75) is 26.1 Å². The molecular weight excluding hydrogens is 599 g/mol. The van der Waals surface area contributed by atoms with Crippen molar-refractivity contribution in [3.05, 3.63) is 99.2 Å². The molecule has 6 rings (SSSR count). The Morgan fingerprint density at radius 1 is 1.12 bits per heavy atom. The minimum atomic E-state index is -4.67. The van der Waals surface area contributed by atoms with Crippen LogP contribution in [0.5, 0.6) is 0 Å². The summed E-state index contributed by atoms with van der Waals surface area (Å²) in [5.41, 5.74) is 2.84. The number of fused-ring (bicyclic) bond motifs is 2. The molecule has 0 aliphatic carbocycles. The normalized spacial score (nSPS) is 13.5. The number of hydrogen-bond acceptors (Lipinski definition) is 4. The third-order valence-corrected chi connectivity index (χ3v) is 7.52. The van der Waals surface area contributed by atoms with E-state index in [-0.39, 0.29) is 18.0 Å². The lowest BCUT2D eigenvalue weighted by molar-refractivity contribution is -0.140. The molecule has 0 spiro atoms. The number of aromatic nitrogens is 5. The molecule has 12 heteroatoms. The van der Waals surface area contributed by atoms with Crippen molar-refractivity contribution < 1.29 is 18.0 Å². The number of anilines is 1. The van der Waals surface area contributed by atoms with Gasteiger partial charge in [-0.3, -0.25) is 14.5 Å². The molecule has 2 aromatic carbocycles. The molecule has 0 fully saturated rings. The fraction of sp³-hybridized carbons (Fsp3) is 0.207. The molecular formula is C29H21BrF3N7O. The molecule has 206 valence electrons. The first-order chi connectivity index (χ1) is 19.5. The van der Waals surface area contributed by atoms with E-state index < -0.39 is 11.9 Å². The van der Waals surface area contributed by atoms with Crippen LogP contribution in [0.4, 0.5) is 24.5 Å². The number of aryl methyl sites for hydroxylation is 2. The van der Waals surface area contributed by atoms with Crippen molar-refractivity contribution >= 4 is 44.1 Å². The maximum absolute atomic E-state index is 14.2. The maximum atomic E-state index is 14.2. The summed E-state index contributed by atoms with van der Waals surface area (Å²) in [5, 5.41) is 4.34. The number of alkyl halides is 3. The number of carbonyl (C=O) groups excluding carboxylic acids is 1. The number of rotatable bonds is 4. The minimum absolute atomic E-state index is 0.0687. The zero-order chi connectivity index (χ0) is 29.1. The fourth-order valence-electron chi connectivity index (χ4n) is 5.40. The number of amides is 1. The molecule has 0 bridgehead atoms. The van der Waals surface area contributed by atoms with Gasteiger partial charge in [-0.1, -0.05) is 15.9 Å². The van der Waals surface area contributed by atoms with Crippen LogP contribution in [0.2, 0.25) is 0 Å². The minimum Gasteiger partial charge on any atom is -0.333 e. The van der Waals surface area contributed by atoms with Gasteiger partial charge in [-0.2, -0.15) is 18.3 Å². The summed E-state index contributed by atoms with van der Waals surface area (Å²) in [5.74, 6) is -0.339. The summed E-state index contributed by atoms with van der Waals surface area (Å²) < 4.78 is 45.7. The molecule has 0 radical (unpaired) electrons. The number of nitrogens with zero attached hydrogens (tertiary/aromatic N) is 7. The highest BCUT2D eigenvalue weighted by Gasteiger charge is 2.39. The van der Waals surface area contributed by atoms with E-state index in [1.54, 1.807) is 59.4 Å². The molecule has 0 saturated carbocycles. The predicted molar refractivity (Wildman–Crippen MR) is 151 cm³/mol. The molecule has 4 heterocycles. The van der Waals surface area contributed by atoms with Crippen molar-refractivity contribution in [3.63, 3.8) is 0 Å². The lowest BCUT2D eigenvalue weighted by atomic mass is 9.87. The van der Waals surface area contributed by atoms with Gasteiger partial charge in [-0.25, -0.2) is 9.83 Å². The summed E-state index contributed by atoms with van der Waals surface area (Å²) >= 11 is 3.46. The van der Waals surface area contributed by atoms with Crippen LogP contribution < -0.4 is 4.90 Å². The standard InChI is InChI=1S/C29H21BrF3N7O/c1-16-8-25(22-11-18(30)12-24(34-2)26(22)36-16)40-6-4-19-20(23-14-38(3)37-27(23)29(31,32)33)9-17(10-21(19)28(40)41)13-39-7-5-35-15-39/h5,7-12,14-15H,4,6,13H2,1,3H3. The number of imidazole rings is 1. The summed E-state index contributed by atoms with van der Waals surface area (Å²) in [6.07, 6.45) is 1.96. The predicted octanol–water partition coefficient (Wildman–Crippen LogP) is 6.72. The first-order valence-electron chi connectivity index (χ1n) is 12.6. The van der Waals surface area contributed by atoms with Crippen LogP contribution in [0.3, 0.4) is 0 Å². The molecule has 5 aromatic rings. The van der Waals surface area contributed by atoms with Gasteiger partial charge in [-0.15, -0.1) is 0 Å². The van der Waals surface area contributed by atoms with Gasteiger partial charge in [0, 0.05) is 65.4 Å². The average Bonchev–Trinajstić information content (AvgIpc) is 3.58. The summed E-state index contributed by atoms with van der Waals surface area (Å²) in [6.45, 7) is 9.95. The van der Waals surface area contributed by atoms with Gasteiger partial charge in [0.05, 0.1) is 24.1 Å². The number of benzene rings is 2. The van der Waals surface area contributed by atoms with E-state index in [4.69, 9.17) is 6.57 Å². The van der Waals surface area contributed by atoms with Gasteiger partial charge < -0.3 is 9.47 Å². The highest BCUT2D eigenvalue weighted by atomic mass is 79.9. The molecule has 0 saturated heterocycles. The Bertz CT molecular complexity index is 1890. The quantitative estimate of drug-likeness (QED) is 0.209. The Hall–Kier alpha value is -4.50. The largest absolute Gasteiger partial charge is 0.435 e. The Balaban J connectivity index is 1.55. The van der Waals surface area contributed by atoms with Gasteiger partial charge in [0.1, 0.15) is 0 Å². The van der Waals surface area contributed by atoms with E-state index in [1.165, 1.54) is 13.2 Å². The summed E-state index contributed by atoms with van der Waals surface area (Å²) in [6, 6.07) is 8.75. The first kappa shape index (κ1) is 26.7. The lowest BCUT2D eigenvalue weighted by Crippen LogP contribution is -2.38. The van der Waals surface area contributed by atoms with Crippen molar-refractivity contribution in [1.82, 2.24) is 24.3 Å². The molecule has 0 unspecified atom stereocenters. The zero-order valence-electron chi connectivity index (χ0n) is 21.9. The molecule has 3 aromatic heterocycles. The zero-order valence-corrected chi connectivity index (χ0v) is 23.5. The molecule has 1 aliphatic heterocycles. The van der Waals surface area contributed by atoms with Crippen molar-refractivity contribution in [2.75, 3.05) is 11.4 Å². The number of carbonyl (C=O) groups is 1. The molecule has 41 heavy (non-hydrogen) atoms. The first-order valence-corrected chi connectivity index (χ1v) is 13.4. The van der Waals surface area contributed by atoms with Crippen molar-refractivity contribution in [3.8, 4) is 11.1 Å². The topological polar surface area (TPSA) is 73.2 Å². The molecule has 0 atom stereocenters. The Kier molecular flexibility index (Phi) is 6.42. The molecule has 1 aliphatic rings. The van der Waals surface area contributed by atoms with Gasteiger partial charge in [0.25, 0.3) is 5.91 Å². The molecule has 1 amide bonds. The van der Waals surface area contributed by atoms with E-state index in [0.717, 1.165) is 4.68 Å². The molecule has 0 N–H and O–H groups in total. The molecule has 8 nitrogen and oxygen atoms in total. The van der Waals surface area contributed by atoms with E-state index in [0.29, 0.717) is 67.7 Å². The third kappa shape index (κ3) is 4.76. The van der Waals surface area contributed by atoms with E-state index >= 15 is 0 Å². The fourth-order valence-corrected chi connectivity index (χ4v) is 5.85. The Morgan fingerprint density at radius 2 is 1.90 bits per heavy atom. The second-order valence-corrected chi connectivity index (χ2v) is 10.8. The Morgan fingerprint density at radius 3 is 2.61 bits per heavy atom. The van der Waals surface area contributed by atoms with Crippen LogP contribution in [0, 0.1) is 13.5 Å². The van der Waals surface area contributed by atoms with Gasteiger partial charge in [0.15, 0.2) is 5.69 Å². The summed E-state index contributed by atoms with van der Waals surface area (Å²) in [4.78, 5) is 28.1. The summed E-state index contributed by atoms with van der Waals surface area (Å²) in [7, 11) is 1.44. The van der Waals surface area contributed by atoms with E-state index in [1.807, 2.05) is 6.07 Å². The number of halogens is 4. The van der Waals surface area contributed by atoms with Gasteiger partial charge >= 0.3 is 6.18 Å². The highest BCUT2D eigenvalue weighted by molar-refractivity contribution is 9.10. The van der Waals surface area contributed by atoms with E-state index in [9.17, 15) is 18.0 Å². The second-order valence-electron chi connectivity index (χ2n) is 9.89. The van der Waals surface area contributed by atoms with Crippen molar-refractivity contribution in [2.24, 2.45) is 7.05 Å². The van der Waals surface area contributed by atoms with Crippen molar-refractivity contribution in [1.29, 1.82) is 0 Å². The SMILES string of the molecule is [C-]#[N+]c1cc(Br)cc2c(N3CCc4c(cc(Cn5ccnc5)cc4-c4cn(C)nc4C(F)(F)F)C3=O)cc(C)nc12. The van der Waals surface area contributed by atoms with Crippen LogP contribution in [0.15, 0.2) is 59.7 Å². The number of hydrogen-bond donors (Lipinski definition) is 0. The van der Waals surface area contributed by atoms with Crippen LogP contribution in [-0.4, -0.2) is 36.8 Å². The third-order valence-electron chi connectivity index (χ3n) is 7.06. The smallest absolute Gasteiger partial charge is 0.333 e. The Labute approximate surface area is 241 Å². The average molecular weight is 620 g/mol. The highest BCUT2D eigenvalue weighted by Crippen LogP contribution is 2.42. The van der Waals surface area contributed by atoms with Crippen LogP contribution in [0.1, 0.15) is 32.9 Å². The van der Waals surface area contributed by atoms with Crippen LogP contribution >= 0.6 is 15.9 Å². The van der Waals surface area contributed by atoms with Gasteiger partial charge in [0.2, 0.25) is 5.69 Å². The van der Waals surface area contributed by atoms with Gasteiger partial charge in [-0.05, 0) is 60.4 Å². The monoisotopic (exact) mass is 619 g/mol.